The molecular weight excluding hydrogens is 202 g/mol. The first kappa shape index (κ1) is 12.5. The number of rotatable bonds is 5. The summed E-state index contributed by atoms with van der Waals surface area (Å²) in [5, 5.41) is 3.27. The van der Waals surface area contributed by atoms with Crippen LogP contribution < -0.4 is 16.8 Å². The van der Waals surface area contributed by atoms with Crippen molar-refractivity contribution in [1.29, 1.82) is 0 Å². The number of para-hydroxylation sites is 1. The van der Waals surface area contributed by atoms with Crippen molar-refractivity contribution in [2.45, 2.75) is 32.4 Å². The van der Waals surface area contributed by atoms with Crippen molar-refractivity contribution in [3.05, 3.63) is 29.8 Å². The molecule has 4 nitrogen and oxygen atoms in total. The third-order valence-electron chi connectivity index (χ3n) is 2.43. The molecule has 0 aliphatic rings. The van der Waals surface area contributed by atoms with Crippen LogP contribution in [0, 0.1) is 0 Å². The molecule has 0 aromatic heterocycles. The number of nitrogens with one attached hydrogen (secondary N) is 1. The van der Waals surface area contributed by atoms with E-state index in [0.717, 1.165) is 11.3 Å². The van der Waals surface area contributed by atoms with Crippen LogP contribution in [-0.4, -0.2) is 11.4 Å². The van der Waals surface area contributed by atoms with Crippen LogP contribution in [-0.2, 0) is 11.3 Å². The molecule has 4 heteroatoms. The fraction of sp³-hybridized carbons (Fsp3) is 0.417. The second-order valence-electron chi connectivity index (χ2n) is 4.58. The third kappa shape index (κ3) is 3.90. The fourth-order valence-corrected chi connectivity index (χ4v) is 1.53. The lowest BCUT2D eigenvalue weighted by molar-refractivity contribution is -0.119. The molecule has 16 heavy (non-hydrogen) atoms. The fourth-order valence-electron chi connectivity index (χ4n) is 1.53. The highest BCUT2D eigenvalue weighted by Gasteiger charge is 2.19. The maximum atomic E-state index is 10.9. The highest BCUT2D eigenvalue weighted by Crippen LogP contribution is 2.13. The standard InChI is InChI=1S/C12H19N3O/c1-12(2,7-11(14)16)15-8-9-5-3-4-6-10(9)13/h3-6,15H,7-8,13H2,1-2H3,(H2,14,16). The van der Waals surface area contributed by atoms with E-state index < -0.39 is 0 Å². The number of anilines is 1. The van der Waals surface area contributed by atoms with Gasteiger partial charge in [-0.1, -0.05) is 18.2 Å². The summed E-state index contributed by atoms with van der Waals surface area (Å²) in [6.07, 6.45) is 0.305. The molecule has 1 rings (SSSR count). The molecule has 0 unspecified atom stereocenters. The van der Waals surface area contributed by atoms with E-state index in [-0.39, 0.29) is 11.4 Å². The number of nitrogens with two attached hydrogens (primary N) is 2. The largest absolute Gasteiger partial charge is 0.398 e. The van der Waals surface area contributed by atoms with Crippen molar-refractivity contribution < 1.29 is 4.79 Å². The number of primary amides is 1. The van der Waals surface area contributed by atoms with E-state index >= 15 is 0 Å². The molecule has 0 atom stereocenters. The van der Waals surface area contributed by atoms with Crippen molar-refractivity contribution in [3.8, 4) is 0 Å². The summed E-state index contributed by atoms with van der Waals surface area (Å²) < 4.78 is 0. The second-order valence-corrected chi connectivity index (χ2v) is 4.58. The first-order valence-electron chi connectivity index (χ1n) is 5.27. The van der Waals surface area contributed by atoms with Crippen LogP contribution in [0.25, 0.3) is 0 Å². The van der Waals surface area contributed by atoms with Crippen LogP contribution in [0.4, 0.5) is 5.69 Å². The van der Waals surface area contributed by atoms with Gasteiger partial charge in [0.1, 0.15) is 0 Å². The van der Waals surface area contributed by atoms with Gasteiger partial charge in [-0.3, -0.25) is 4.79 Å². The molecule has 0 saturated heterocycles. The lowest BCUT2D eigenvalue weighted by Gasteiger charge is -2.25. The molecule has 0 spiro atoms. The zero-order chi connectivity index (χ0) is 12.2. The Bertz CT molecular complexity index is 374. The minimum atomic E-state index is -0.311. The van der Waals surface area contributed by atoms with Gasteiger partial charge in [-0.05, 0) is 25.5 Å². The molecule has 0 fully saturated rings. The number of carbonyl (C=O) groups is 1. The predicted octanol–water partition coefficient (Wildman–Crippen LogP) is 1.01. The summed E-state index contributed by atoms with van der Waals surface area (Å²) >= 11 is 0. The Kier molecular flexibility index (Phi) is 3.90. The quantitative estimate of drug-likeness (QED) is 0.649. The third-order valence-corrected chi connectivity index (χ3v) is 2.43. The molecule has 1 aromatic rings. The van der Waals surface area contributed by atoms with Gasteiger partial charge in [-0.2, -0.15) is 0 Å². The van der Waals surface area contributed by atoms with Crippen LogP contribution in [0.1, 0.15) is 25.8 Å². The maximum Gasteiger partial charge on any atom is 0.219 e. The highest BCUT2D eigenvalue weighted by atomic mass is 16.1. The number of amides is 1. The summed E-state index contributed by atoms with van der Waals surface area (Å²) in [6.45, 7) is 4.51. The SMILES string of the molecule is CC(C)(CC(N)=O)NCc1ccccc1N. The molecule has 0 aliphatic carbocycles. The zero-order valence-corrected chi connectivity index (χ0v) is 9.79. The average molecular weight is 221 g/mol. The Hall–Kier alpha value is -1.55. The Morgan fingerprint density at radius 1 is 1.38 bits per heavy atom. The van der Waals surface area contributed by atoms with Gasteiger partial charge in [-0.15, -0.1) is 0 Å². The number of hydrogen-bond acceptors (Lipinski definition) is 3. The minimum Gasteiger partial charge on any atom is -0.398 e. The molecule has 0 heterocycles. The number of carbonyl (C=O) groups excluding carboxylic acids is 1. The molecule has 0 saturated carbocycles. The van der Waals surface area contributed by atoms with E-state index in [4.69, 9.17) is 11.5 Å². The first-order valence-corrected chi connectivity index (χ1v) is 5.27. The topological polar surface area (TPSA) is 81.1 Å². The normalized spacial score (nSPS) is 11.4. The zero-order valence-electron chi connectivity index (χ0n) is 9.79. The van der Waals surface area contributed by atoms with E-state index in [1.165, 1.54) is 0 Å². The second kappa shape index (κ2) is 4.99. The van der Waals surface area contributed by atoms with Gasteiger partial charge in [-0.25, -0.2) is 0 Å². The molecule has 0 bridgehead atoms. The summed E-state index contributed by atoms with van der Waals surface area (Å²) in [5.41, 5.74) is 12.5. The van der Waals surface area contributed by atoms with Crippen LogP contribution in [0.2, 0.25) is 0 Å². The Morgan fingerprint density at radius 2 is 2.00 bits per heavy atom. The van der Waals surface area contributed by atoms with E-state index in [1.807, 2.05) is 38.1 Å². The summed E-state index contributed by atoms with van der Waals surface area (Å²) in [6, 6.07) is 7.66. The van der Waals surface area contributed by atoms with E-state index in [9.17, 15) is 4.79 Å². The van der Waals surface area contributed by atoms with Gasteiger partial charge in [0.2, 0.25) is 5.91 Å². The minimum absolute atomic E-state index is 0.305. The Balaban J connectivity index is 2.57. The van der Waals surface area contributed by atoms with Crippen molar-refractivity contribution in [2.75, 3.05) is 5.73 Å². The van der Waals surface area contributed by atoms with Gasteiger partial charge in [0.25, 0.3) is 0 Å². The summed E-state index contributed by atoms with van der Waals surface area (Å²) in [7, 11) is 0. The Labute approximate surface area is 96.0 Å². The van der Waals surface area contributed by atoms with Gasteiger partial charge >= 0.3 is 0 Å². The summed E-state index contributed by atoms with van der Waals surface area (Å²) in [5.74, 6) is -0.307. The van der Waals surface area contributed by atoms with Crippen LogP contribution in [0.3, 0.4) is 0 Å². The van der Waals surface area contributed by atoms with Crippen molar-refractivity contribution >= 4 is 11.6 Å². The van der Waals surface area contributed by atoms with E-state index in [1.54, 1.807) is 0 Å². The maximum absolute atomic E-state index is 10.9. The lowest BCUT2D eigenvalue weighted by atomic mass is 9.99. The number of nitrogen functional groups attached to an aromatic ring is 1. The molecule has 88 valence electrons. The monoisotopic (exact) mass is 221 g/mol. The number of benzene rings is 1. The molecule has 5 N–H and O–H groups in total. The van der Waals surface area contributed by atoms with Crippen molar-refractivity contribution in [1.82, 2.24) is 5.32 Å². The van der Waals surface area contributed by atoms with E-state index in [2.05, 4.69) is 5.32 Å². The highest BCUT2D eigenvalue weighted by molar-refractivity contribution is 5.75. The smallest absolute Gasteiger partial charge is 0.219 e. The first-order chi connectivity index (χ1) is 7.41. The van der Waals surface area contributed by atoms with Crippen molar-refractivity contribution in [2.24, 2.45) is 5.73 Å². The van der Waals surface area contributed by atoms with Crippen LogP contribution in [0.15, 0.2) is 24.3 Å². The molecule has 0 aliphatic heterocycles. The van der Waals surface area contributed by atoms with Gasteiger partial charge < -0.3 is 16.8 Å². The molecule has 1 aromatic carbocycles. The van der Waals surface area contributed by atoms with Crippen molar-refractivity contribution in [3.63, 3.8) is 0 Å². The average Bonchev–Trinajstić information content (AvgIpc) is 2.14. The summed E-state index contributed by atoms with van der Waals surface area (Å²) in [4.78, 5) is 10.9. The molecular formula is C12H19N3O. The molecule has 0 radical (unpaired) electrons. The predicted molar refractivity (Wildman–Crippen MR) is 65.6 cm³/mol. The van der Waals surface area contributed by atoms with Gasteiger partial charge in [0.05, 0.1) is 0 Å². The van der Waals surface area contributed by atoms with Crippen LogP contribution in [0.5, 0.6) is 0 Å². The lowest BCUT2D eigenvalue weighted by Crippen LogP contribution is -2.42. The number of hydrogen-bond donors (Lipinski definition) is 3. The van der Waals surface area contributed by atoms with Gasteiger partial charge in [0, 0.05) is 24.2 Å². The van der Waals surface area contributed by atoms with Gasteiger partial charge in [0.15, 0.2) is 0 Å². The van der Waals surface area contributed by atoms with E-state index in [0.29, 0.717) is 13.0 Å². The Morgan fingerprint density at radius 3 is 2.56 bits per heavy atom. The molecule has 1 amide bonds. The van der Waals surface area contributed by atoms with Crippen LogP contribution >= 0.6 is 0 Å².